The summed E-state index contributed by atoms with van der Waals surface area (Å²) >= 11 is 6.92. The summed E-state index contributed by atoms with van der Waals surface area (Å²) in [6.07, 6.45) is 4.98. The van der Waals surface area contributed by atoms with E-state index in [0.717, 1.165) is 28.3 Å². The topological polar surface area (TPSA) is 38.3 Å². The molecule has 0 saturated heterocycles. The minimum atomic E-state index is 0.0684. The number of hydrogen-bond acceptors (Lipinski definition) is 4. The lowest BCUT2D eigenvalue weighted by atomic mass is 9.99. The van der Waals surface area contributed by atoms with Crippen LogP contribution in [0.25, 0.3) is 21.2 Å². The fourth-order valence-electron chi connectivity index (χ4n) is 3.00. The van der Waals surface area contributed by atoms with E-state index in [-0.39, 0.29) is 5.91 Å². The molecule has 3 rings (SSSR count). The zero-order valence-corrected chi connectivity index (χ0v) is 17.7. The number of hydrogen-bond donors (Lipinski definition) is 1. The van der Waals surface area contributed by atoms with Crippen molar-refractivity contribution < 1.29 is 9.53 Å². The van der Waals surface area contributed by atoms with Crippen molar-refractivity contribution >= 4 is 45.3 Å². The fraction of sp³-hybridized carbons (Fsp3) is 0.217. The first-order valence-corrected chi connectivity index (χ1v) is 10.6. The molecule has 3 nitrogen and oxygen atoms in total. The molecule has 0 aliphatic heterocycles. The van der Waals surface area contributed by atoms with Crippen LogP contribution < -0.4 is 10.1 Å². The SMILES string of the molecule is CC=CC(=S)Oc1ccc2cc(-c3cccs3)cc(CNC(=O)CCC)c2c1. The summed E-state index contributed by atoms with van der Waals surface area (Å²) in [4.78, 5) is 13.2. The van der Waals surface area contributed by atoms with E-state index in [1.165, 1.54) is 4.88 Å². The quantitative estimate of drug-likeness (QED) is 0.369. The summed E-state index contributed by atoms with van der Waals surface area (Å²) < 4.78 is 5.74. The maximum atomic E-state index is 12.0. The van der Waals surface area contributed by atoms with Crippen LogP contribution in [0.15, 0.2) is 60.0 Å². The van der Waals surface area contributed by atoms with Crippen molar-refractivity contribution in [3.05, 3.63) is 65.6 Å². The molecule has 1 aromatic heterocycles. The van der Waals surface area contributed by atoms with E-state index in [1.807, 2.05) is 44.2 Å². The molecule has 0 atom stereocenters. The molecular weight excluding hydrogens is 386 g/mol. The van der Waals surface area contributed by atoms with Gasteiger partial charge in [-0.1, -0.05) is 25.1 Å². The highest BCUT2D eigenvalue weighted by molar-refractivity contribution is 7.80. The van der Waals surface area contributed by atoms with Crippen LogP contribution in [0.1, 0.15) is 32.3 Å². The third kappa shape index (κ3) is 5.06. The number of carbonyl (C=O) groups excluding carboxylic acids is 1. The summed E-state index contributed by atoms with van der Waals surface area (Å²) in [5.41, 5.74) is 2.22. The molecule has 1 N–H and O–H groups in total. The van der Waals surface area contributed by atoms with Gasteiger partial charge in [0, 0.05) is 17.8 Å². The molecule has 2 aromatic carbocycles. The van der Waals surface area contributed by atoms with E-state index in [9.17, 15) is 4.79 Å². The highest BCUT2D eigenvalue weighted by Gasteiger charge is 2.10. The Morgan fingerprint density at radius 1 is 1.25 bits per heavy atom. The first kappa shape index (κ1) is 20.2. The van der Waals surface area contributed by atoms with Crippen LogP contribution in [0.4, 0.5) is 0 Å². The fourth-order valence-corrected chi connectivity index (χ4v) is 3.95. The summed E-state index contributed by atoms with van der Waals surface area (Å²) in [5, 5.41) is 7.69. The number of carbonyl (C=O) groups is 1. The first-order chi connectivity index (χ1) is 13.6. The molecule has 0 saturated carbocycles. The maximum Gasteiger partial charge on any atom is 0.220 e. The van der Waals surface area contributed by atoms with E-state index in [2.05, 4.69) is 28.9 Å². The lowest BCUT2D eigenvalue weighted by Gasteiger charge is -2.13. The van der Waals surface area contributed by atoms with Crippen LogP contribution in [0.2, 0.25) is 0 Å². The van der Waals surface area contributed by atoms with Crippen LogP contribution in [0, 0.1) is 0 Å². The van der Waals surface area contributed by atoms with Crippen LogP contribution in [0.5, 0.6) is 5.75 Å². The van der Waals surface area contributed by atoms with Crippen molar-refractivity contribution in [2.75, 3.05) is 0 Å². The number of amides is 1. The Bertz CT molecular complexity index is 1010. The molecule has 1 heterocycles. The highest BCUT2D eigenvalue weighted by Crippen LogP contribution is 2.32. The van der Waals surface area contributed by atoms with Crippen molar-refractivity contribution in [3.63, 3.8) is 0 Å². The number of allylic oxidation sites excluding steroid dienone is 1. The van der Waals surface area contributed by atoms with Crippen molar-refractivity contribution in [1.82, 2.24) is 5.32 Å². The number of nitrogens with one attached hydrogen (secondary N) is 1. The van der Waals surface area contributed by atoms with Gasteiger partial charge in [0.25, 0.3) is 0 Å². The standard InChI is InChI=1S/C23H23NO2S2/c1-3-6-22(25)24-15-18-13-17(21-8-5-11-28-21)12-16-9-10-19(14-20(16)18)26-23(27)7-4-2/h4-5,7-14H,3,6,15H2,1-2H3,(H,24,25). The van der Waals surface area contributed by atoms with Gasteiger partial charge in [-0.05, 0) is 89.2 Å². The van der Waals surface area contributed by atoms with E-state index >= 15 is 0 Å². The van der Waals surface area contributed by atoms with Gasteiger partial charge in [0.05, 0.1) is 0 Å². The minimum Gasteiger partial charge on any atom is -0.446 e. The van der Waals surface area contributed by atoms with Gasteiger partial charge in [0.15, 0.2) is 5.05 Å². The third-order valence-electron chi connectivity index (χ3n) is 4.29. The number of ether oxygens (including phenoxy) is 1. The smallest absolute Gasteiger partial charge is 0.220 e. The Morgan fingerprint density at radius 3 is 2.82 bits per heavy atom. The van der Waals surface area contributed by atoms with Gasteiger partial charge in [0.2, 0.25) is 5.91 Å². The van der Waals surface area contributed by atoms with Gasteiger partial charge in [-0.3, -0.25) is 4.79 Å². The van der Waals surface area contributed by atoms with E-state index < -0.39 is 0 Å². The Labute approximate surface area is 175 Å². The third-order valence-corrected chi connectivity index (χ3v) is 5.43. The van der Waals surface area contributed by atoms with Crippen LogP contribution in [-0.2, 0) is 11.3 Å². The molecule has 1 amide bonds. The summed E-state index contributed by atoms with van der Waals surface area (Å²) in [6.45, 7) is 4.39. The molecule has 5 heteroatoms. The van der Waals surface area contributed by atoms with Crippen LogP contribution in [0.3, 0.4) is 0 Å². The Kier molecular flexibility index (Phi) is 6.95. The second kappa shape index (κ2) is 9.62. The van der Waals surface area contributed by atoms with Crippen LogP contribution in [-0.4, -0.2) is 11.0 Å². The lowest BCUT2D eigenvalue weighted by Crippen LogP contribution is -2.22. The zero-order valence-electron chi connectivity index (χ0n) is 16.0. The summed E-state index contributed by atoms with van der Waals surface area (Å²) in [5.74, 6) is 0.763. The predicted molar refractivity (Wildman–Crippen MR) is 122 cm³/mol. The summed E-state index contributed by atoms with van der Waals surface area (Å²) in [7, 11) is 0. The normalized spacial score (nSPS) is 11.1. The molecule has 0 bridgehead atoms. The molecule has 3 aromatic rings. The van der Waals surface area contributed by atoms with Crippen LogP contribution >= 0.6 is 23.6 Å². The largest absolute Gasteiger partial charge is 0.446 e. The lowest BCUT2D eigenvalue weighted by molar-refractivity contribution is -0.121. The van der Waals surface area contributed by atoms with Gasteiger partial charge in [-0.25, -0.2) is 0 Å². The molecular formula is C23H23NO2S2. The van der Waals surface area contributed by atoms with Gasteiger partial charge in [0.1, 0.15) is 5.75 Å². The van der Waals surface area contributed by atoms with E-state index in [4.69, 9.17) is 17.0 Å². The van der Waals surface area contributed by atoms with Crippen molar-refractivity contribution in [3.8, 4) is 16.2 Å². The molecule has 0 radical (unpaired) electrons. The van der Waals surface area contributed by atoms with Crippen molar-refractivity contribution in [1.29, 1.82) is 0 Å². The number of rotatable bonds is 7. The Morgan fingerprint density at radius 2 is 2.11 bits per heavy atom. The number of benzene rings is 2. The monoisotopic (exact) mass is 409 g/mol. The predicted octanol–water partition coefficient (Wildman–Crippen LogP) is 6.27. The van der Waals surface area contributed by atoms with Gasteiger partial charge in [-0.2, -0.15) is 0 Å². The molecule has 28 heavy (non-hydrogen) atoms. The van der Waals surface area contributed by atoms with Gasteiger partial charge in [-0.15, -0.1) is 11.3 Å². The van der Waals surface area contributed by atoms with Gasteiger partial charge >= 0.3 is 0 Å². The minimum absolute atomic E-state index is 0.0684. The number of thiophene rings is 1. The first-order valence-electron chi connectivity index (χ1n) is 9.32. The average Bonchev–Trinajstić information content (AvgIpc) is 3.21. The van der Waals surface area contributed by atoms with Crippen molar-refractivity contribution in [2.24, 2.45) is 0 Å². The van der Waals surface area contributed by atoms with E-state index in [0.29, 0.717) is 23.8 Å². The summed E-state index contributed by atoms with van der Waals surface area (Å²) in [6, 6.07) is 14.4. The molecule has 0 aliphatic rings. The van der Waals surface area contributed by atoms with Crippen molar-refractivity contribution in [2.45, 2.75) is 33.2 Å². The highest BCUT2D eigenvalue weighted by atomic mass is 32.1. The average molecular weight is 410 g/mol. The van der Waals surface area contributed by atoms with Gasteiger partial charge < -0.3 is 10.1 Å². The molecule has 0 fully saturated rings. The Hall–Kier alpha value is -2.50. The molecule has 0 spiro atoms. The number of fused-ring (bicyclic) bond motifs is 1. The van der Waals surface area contributed by atoms with E-state index in [1.54, 1.807) is 17.4 Å². The molecule has 0 unspecified atom stereocenters. The number of thiocarbonyl (C=S) groups is 1. The second-order valence-corrected chi connectivity index (χ2v) is 7.79. The Balaban J connectivity index is 2.00. The second-order valence-electron chi connectivity index (χ2n) is 6.44. The molecule has 0 aliphatic carbocycles. The molecule has 144 valence electrons. The maximum absolute atomic E-state index is 12.0. The zero-order chi connectivity index (χ0) is 19.9.